The number of hydrogen-bond donors (Lipinski definition) is 0. The lowest BCUT2D eigenvalue weighted by Gasteiger charge is -2.06. The van der Waals surface area contributed by atoms with Crippen LogP contribution < -0.4 is 0 Å². The fourth-order valence-corrected chi connectivity index (χ4v) is 2.76. The average Bonchev–Trinajstić information content (AvgIpc) is 2.98. The number of nitrogens with zero attached hydrogens (tertiary/aromatic N) is 4. The number of para-hydroxylation sites is 2. The number of nitriles is 1. The molecule has 3 aromatic rings. The molecule has 0 aliphatic rings. The van der Waals surface area contributed by atoms with Crippen LogP contribution in [-0.2, 0) is 9.84 Å². The van der Waals surface area contributed by atoms with Crippen LogP contribution in [0.25, 0.3) is 11.1 Å². The Kier molecular flexibility index (Phi) is 4.24. The van der Waals surface area contributed by atoms with E-state index in [9.17, 15) is 18.5 Å². The van der Waals surface area contributed by atoms with Crippen molar-refractivity contribution in [2.75, 3.05) is 6.26 Å². The highest BCUT2D eigenvalue weighted by molar-refractivity contribution is 7.90. The standard InChI is InChI=1S/C15H9ClN4O4S/c1-25(22,23)15-18-7-9(16)12(20-15)13(21)8(6-17)14-19-10-4-2-3-5-11(10)24-14/h2-5,7-8H,1H3. The molecule has 1 atom stereocenters. The van der Waals surface area contributed by atoms with E-state index in [0.717, 1.165) is 12.5 Å². The van der Waals surface area contributed by atoms with Gasteiger partial charge in [0.2, 0.25) is 26.7 Å². The van der Waals surface area contributed by atoms with Crippen LogP contribution in [0.3, 0.4) is 0 Å². The maximum Gasteiger partial charge on any atom is 0.247 e. The molecular weight excluding hydrogens is 368 g/mol. The number of rotatable bonds is 4. The van der Waals surface area contributed by atoms with Gasteiger partial charge in [0.25, 0.3) is 0 Å². The van der Waals surface area contributed by atoms with E-state index in [1.807, 2.05) is 0 Å². The lowest BCUT2D eigenvalue weighted by Crippen LogP contribution is -2.16. The molecule has 126 valence electrons. The Morgan fingerprint density at radius 1 is 1.32 bits per heavy atom. The summed E-state index contributed by atoms with van der Waals surface area (Å²) in [6, 6.07) is 8.56. The van der Waals surface area contributed by atoms with Crippen molar-refractivity contribution in [1.82, 2.24) is 15.0 Å². The van der Waals surface area contributed by atoms with E-state index in [2.05, 4.69) is 15.0 Å². The van der Waals surface area contributed by atoms with Gasteiger partial charge in [-0.15, -0.1) is 0 Å². The first kappa shape index (κ1) is 17.0. The van der Waals surface area contributed by atoms with E-state index in [-0.39, 0.29) is 16.6 Å². The van der Waals surface area contributed by atoms with Gasteiger partial charge in [0, 0.05) is 6.26 Å². The van der Waals surface area contributed by atoms with E-state index >= 15 is 0 Å². The molecule has 10 heteroatoms. The Hall–Kier alpha value is -2.83. The largest absolute Gasteiger partial charge is 0.439 e. The molecule has 1 aromatic carbocycles. The second-order valence-electron chi connectivity index (χ2n) is 5.07. The highest BCUT2D eigenvalue weighted by Gasteiger charge is 2.31. The Labute approximate surface area is 147 Å². The molecule has 2 aromatic heterocycles. The summed E-state index contributed by atoms with van der Waals surface area (Å²) in [4.78, 5) is 24.0. The number of hydrogen-bond acceptors (Lipinski definition) is 8. The van der Waals surface area contributed by atoms with Crippen molar-refractivity contribution in [2.45, 2.75) is 11.1 Å². The molecule has 0 bridgehead atoms. The van der Waals surface area contributed by atoms with Gasteiger partial charge in [0.05, 0.1) is 17.3 Å². The summed E-state index contributed by atoms with van der Waals surface area (Å²) in [6.45, 7) is 0. The Balaban J connectivity index is 2.08. The highest BCUT2D eigenvalue weighted by Crippen LogP contribution is 2.26. The number of sulfone groups is 1. The molecule has 0 saturated heterocycles. The number of ketones is 1. The second-order valence-corrected chi connectivity index (χ2v) is 7.38. The molecule has 0 amide bonds. The fourth-order valence-electron chi connectivity index (χ4n) is 2.08. The van der Waals surface area contributed by atoms with Crippen LogP contribution in [-0.4, -0.2) is 35.4 Å². The SMILES string of the molecule is CS(=O)(=O)c1ncc(Cl)c(C(=O)C(C#N)c2nc3ccccc3o2)n1. The number of Topliss-reactive ketones (excluding diaryl/α,β-unsaturated/α-hetero) is 1. The number of halogens is 1. The molecule has 0 saturated carbocycles. The zero-order valence-electron chi connectivity index (χ0n) is 12.7. The van der Waals surface area contributed by atoms with Gasteiger partial charge >= 0.3 is 0 Å². The molecule has 0 fully saturated rings. The van der Waals surface area contributed by atoms with E-state index in [1.165, 1.54) is 0 Å². The molecule has 0 N–H and O–H groups in total. The molecule has 1 unspecified atom stereocenters. The summed E-state index contributed by atoms with van der Waals surface area (Å²) in [7, 11) is -3.75. The first-order chi connectivity index (χ1) is 11.8. The summed E-state index contributed by atoms with van der Waals surface area (Å²) >= 11 is 5.91. The molecule has 2 heterocycles. The first-order valence-corrected chi connectivity index (χ1v) is 9.10. The Morgan fingerprint density at radius 2 is 2.04 bits per heavy atom. The minimum absolute atomic E-state index is 0.121. The number of oxazole rings is 1. The van der Waals surface area contributed by atoms with Crippen molar-refractivity contribution in [3.8, 4) is 6.07 Å². The number of benzene rings is 1. The van der Waals surface area contributed by atoms with Crippen molar-refractivity contribution < 1.29 is 17.6 Å². The molecule has 0 aliphatic heterocycles. The van der Waals surface area contributed by atoms with Gasteiger partial charge in [0.1, 0.15) is 11.2 Å². The fraction of sp³-hybridized carbons (Fsp3) is 0.133. The van der Waals surface area contributed by atoms with Crippen molar-refractivity contribution >= 4 is 38.3 Å². The van der Waals surface area contributed by atoms with E-state index in [4.69, 9.17) is 16.0 Å². The molecule has 3 rings (SSSR count). The Bertz CT molecular complexity index is 1100. The van der Waals surface area contributed by atoms with E-state index in [1.54, 1.807) is 30.3 Å². The maximum absolute atomic E-state index is 12.7. The molecule has 8 nitrogen and oxygen atoms in total. The summed E-state index contributed by atoms with van der Waals surface area (Å²) in [5.41, 5.74) is 0.512. The smallest absolute Gasteiger partial charge is 0.247 e. The zero-order chi connectivity index (χ0) is 18.2. The highest BCUT2D eigenvalue weighted by atomic mass is 35.5. The second kappa shape index (κ2) is 6.23. The summed E-state index contributed by atoms with van der Waals surface area (Å²) in [5, 5.41) is 8.65. The van der Waals surface area contributed by atoms with Crippen LogP contribution in [0.4, 0.5) is 0 Å². The van der Waals surface area contributed by atoms with Crippen molar-refractivity contribution in [1.29, 1.82) is 5.26 Å². The summed E-state index contributed by atoms with van der Waals surface area (Å²) < 4.78 is 28.6. The summed E-state index contributed by atoms with van der Waals surface area (Å²) in [5.74, 6) is -2.37. The third-order valence-corrected chi connectivity index (χ3v) is 4.37. The van der Waals surface area contributed by atoms with E-state index in [0.29, 0.717) is 11.1 Å². The number of aromatic nitrogens is 3. The van der Waals surface area contributed by atoms with Gasteiger partial charge in [0.15, 0.2) is 11.5 Å². The van der Waals surface area contributed by atoms with Gasteiger partial charge in [-0.05, 0) is 12.1 Å². The van der Waals surface area contributed by atoms with Crippen LogP contribution in [0.5, 0.6) is 0 Å². The molecule has 0 spiro atoms. The van der Waals surface area contributed by atoms with Crippen LogP contribution in [0.2, 0.25) is 5.02 Å². The van der Waals surface area contributed by atoms with Crippen LogP contribution >= 0.6 is 11.6 Å². The van der Waals surface area contributed by atoms with Crippen LogP contribution in [0, 0.1) is 11.3 Å². The monoisotopic (exact) mass is 376 g/mol. The van der Waals surface area contributed by atoms with Gasteiger partial charge in [-0.2, -0.15) is 5.26 Å². The summed E-state index contributed by atoms with van der Waals surface area (Å²) in [6.07, 6.45) is 1.89. The minimum atomic E-state index is -3.75. The number of carbonyl (C=O) groups is 1. The number of carbonyl (C=O) groups excluding carboxylic acids is 1. The zero-order valence-corrected chi connectivity index (χ0v) is 14.2. The van der Waals surface area contributed by atoms with Crippen molar-refractivity contribution in [3.05, 3.63) is 47.1 Å². The lowest BCUT2D eigenvalue weighted by molar-refractivity contribution is 0.0964. The topological polar surface area (TPSA) is 127 Å². The first-order valence-electron chi connectivity index (χ1n) is 6.83. The number of fused-ring (bicyclic) bond motifs is 1. The quantitative estimate of drug-likeness (QED) is 0.500. The predicted molar refractivity (Wildman–Crippen MR) is 86.8 cm³/mol. The van der Waals surface area contributed by atoms with Gasteiger partial charge < -0.3 is 4.42 Å². The Morgan fingerprint density at radius 3 is 2.68 bits per heavy atom. The van der Waals surface area contributed by atoms with Gasteiger partial charge in [-0.1, -0.05) is 23.7 Å². The molecule has 25 heavy (non-hydrogen) atoms. The van der Waals surface area contributed by atoms with Crippen molar-refractivity contribution in [2.24, 2.45) is 0 Å². The van der Waals surface area contributed by atoms with Crippen LogP contribution in [0.1, 0.15) is 22.3 Å². The molecular formula is C15H9ClN4O4S. The van der Waals surface area contributed by atoms with Gasteiger partial charge in [-0.3, -0.25) is 4.79 Å². The lowest BCUT2D eigenvalue weighted by atomic mass is 10.0. The average molecular weight is 377 g/mol. The van der Waals surface area contributed by atoms with Crippen molar-refractivity contribution in [3.63, 3.8) is 0 Å². The van der Waals surface area contributed by atoms with E-state index < -0.39 is 26.7 Å². The molecule has 0 radical (unpaired) electrons. The minimum Gasteiger partial charge on any atom is -0.439 e. The molecule has 0 aliphatic carbocycles. The normalized spacial score (nSPS) is 12.7. The maximum atomic E-state index is 12.7. The third kappa shape index (κ3) is 3.22. The third-order valence-electron chi connectivity index (χ3n) is 3.24. The predicted octanol–water partition coefficient (Wildman–Crippen LogP) is 2.16. The van der Waals surface area contributed by atoms with Crippen LogP contribution in [0.15, 0.2) is 40.0 Å². The van der Waals surface area contributed by atoms with Gasteiger partial charge in [-0.25, -0.2) is 23.4 Å².